The highest BCUT2D eigenvalue weighted by Crippen LogP contribution is 2.40. The van der Waals surface area contributed by atoms with E-state index < -0.39 is 0 Å². The fourth-order valence-corrected chi connectivity index (χ4v) is 4.91. The Morgan fingerprint density at radius 1 is 1.05 bits per heavy atom. The summed E-state index contributed by atoms with van der Waals surface area (Å²) in [4.78, 5) is 1.20. The van der Waals surface area contributed by atoms with Gasteiger partial charge in [0.1, 0.15) is 0 Å². The van der Waals surface area contributed by atoms with E-state index in [1.165, 1.54) is 14.3 Å². The van der Waals surface area contributed by atoms with Crippen LogP contribution < -0.4 is 0 Å². The average Bonchev–Trinajstić information content (AvgIpc) is 2.93. The van der Waals surface area contributed by atoms with Crippen LogP contribution in [0, 0.1) is 13.8 Å². The zero-order valence-electron chi connectivity index (χ0n) is 10.5. The van der Waals surface area contributed by atoms with Gasteiger partial charge in [0.05, 0.1) is 5.38 Å². The second-order valence-electron chi connectivity index (χ2n) is 4.62. The summed E-state index contributed by atoms with van der Waals surface area (Å²) in [5.74, 6) is 0. The molecule has 2 heterocycles. The van der Waals surface area contributed by atoms with E-state index >= 15 is 0 Å². The summed E-state index contributed by atoms with van der Waals surface area (Å²) in [5, 5.41) is 2.82. The molecule has 0 fully saturated rings. The highest BCUT2D eigenvalue weighted by Gasteiger charge is 2.17. The van der Waals surface area contributed by atoms with Crippen LogP contribution in [-0.2, 0) is 0 Å². The Bertz CT molecular complexity index is 711. The van der Waals surface area contributed by atoms with E-state index in [-0.39, 0.29) is 5.38 Å². The van der Waals surface area contributed by atoms with Gasteiger partial charge in [0.2, 0.25) is 0 Å². The van der Waals surface area contributed by atoms with Crippen molar-refractivity contribution >= 4 is 55.3 Å². The number of thiophene rings is 2. The fourth-order valence-electron chi connectivity index (χ4n) is 2.14. The van der Waals surface area contributed by atoms with Crippen LogP contribution >= 0.6 is 45.9 Å². The molecule has 3 aromatic rings. The lowest BCUT2D eigenvalue weighted by Crippen LogP contribution is -1.95. The Kier molecular flexibility index (Phi) is 3.61. The molecule has 19 heavy (non-hydrogen) atoms. The molecule has 0 amide bonds. The fraction of sp³-hybridized carbons (Fsp3) is 0.200. The Morgan fingerprint density at radius 3 is 2.58 bits per heavy atom. The molecule has 0 saturated heterocycles. The van der Waals surface area contributed by atoms with E-state index in [9.17, 15) is 0 Å². The van der Waals surface area contributed by atoms with Crippen molar-refractivity contribution in [3.63, 3.8) is 0 Å². The zero-order chi connectivity index (χ0) is 13.6. The van der Waals surface area contributed by atoms with Crippen molar-refractivity contribution < 1.29 is 0 Å². The predicted octanol–water partition coefficient (Wildman–Crippen LogP) is 6.56. The first-order valence-electron chi connectivity index (χ1n) is 5.94. The summed E-state index contributed by atoms with van der Waals surface area (Å²) >= 11 is 16.3. The molecule has 1 aromatic carbocycles. The highest BCUT2D eigenvalue weighted by atomic mass is 35.5. The van der Waals surface area contributed by atoms with Gasteiger partial charge in [-0.1, -0.05) is 17.7 Å². The maximum atomic E-state index is 6.66. The lowest BCUT2D eigenvalue weighted by Gasteiger charge is -2.13. The largest absolute Gasteiger partial charge is 0.143 e. The summed E-state index contributed by atoms with van der Waals surface area (Å²) in [7, 11) is 0. The SMILES string of the molecule is Cc1cc(C(Cl)c2cc3sccc3s2)c(C)cc1Cl. The zero-order valence-corrected chi connectivity index (χ0v) is 13.7. The number of aryl methyl sites for hydroxylation is 2. The molecule has 0 aliphatic carbocycles. The molecular weight excluding hydrogens is 315 g/mol. The molecule has 0 N–H and O–H groups in total. The molecule has 0 radical (unpaired) electrons. The lowest BCUT2D eigenvalue weighted by molar-refractivity contribution is 1.14. The van der Waals surface area contributed by atoms with Gasteiger partial charge in [-0.3, -0.25) is 0 Å². The molecule has 4 heteroatoms. The van der Waals surface area contributed by atoms with Crippen LogP contribution in [0.4, 0.5) is 0 Å². The molecule has 0 nitrogen and oxygen atoms in total. The van der Waals surface area contributed by atoms with Gasteiger partial charge in [0, 0.05) is 19.3 Å². The molecule has 98 valence electrons. The van der Waals surface area contributed by atoms with Gasteiger partial charge in [-0.25, -0.2) is 0 Å². The molecular formula is C15H12Cl2S2. The van der Waals surface area contributed by atoms with Crippen molar-refractivity contribution in [3.05, 3.63) is 56.2 Å². The van der Waals surface area contributed by atoms with Crippen molar-refractivity contribution in [2.24, 2.45) is 0 Å². The Hall–Kier alpha value is -0.540. The summed E-state index contributed by atoms with van der Waals surface area (Å²) in [6.45, 7) is 4.08. The van der Waals surface area contributed by atoms with Crippen LogP contribution in [0.1, 0.15) is 26.9 Å². The van der Waals surface area contributed by atoms with E-state index in [0.29, 0.717) is 0 Å². The van der Waals surface area contributed by atoms with Crippen molar-refractivity contribution in [1.29, 1.82) is 0 Å². The summed E-state index contributed by atoms with van der Waals surface area (Å²) in [6, 6.07) is 8.45. The monoisotopic (exact) mass is 326 g/mol. The van der Waals surface area contributed by atoms with E-state index in [0.717, 1.165) is 21.7 Å². The van der Waals surface area contributed by atoms with Gasteiger partial charge >= 0.3 is 0 Å². The van der Waals surface area contributed by atoms with E-state index in [4.69, 9.17) is 23.2 Å². The Labute approximate surface area is 130 Å². The maximum Gasteiger partial charge on any atom is 0.0931 e. The number of halogens is 2. The standard InChI is InChI=1S/C15H12Cl2S2/c1-8-6-11(16)9(2)5-10(8)15(17)14-7-13-12(19-14)3-4-18-13/h3-7,15H,1-2H3. The van der Waals surface area contributed by atoms with E-state index in [1.807, 2.05) is 13.0 Å². The molecule has 3 rings (SSSR count). The van der Waals surface area contributed by atoms with Crippen molar-refractivity contribution in [2.45, 2.75) is 19.2 Å². The third kappa shape index (κ3) is 2.43. The minimum atomic E-state index is -0.0967. The van der Waals surface area contributed by atoms with Gasteiger partial charge in [0.15, 0.2) is 0 Å². The molecule has 1 atom stereocenters. The smallest absolute Gasteiger partial charge is 0.0931 e. The van der Waals surface area contributed by atoms with Crippen molar-refractivity contribution in [1.82, 2.24) is 0 Å². The molecule has 0 aliphatic rings. The van der Waals surface area contributed by atoms with Crippen LogP contribution in [0.5, 0.6) is 0 Å². The third-order valence-electron chi connectivity index (χ3n) is 3.23. The van der Waals surface area contributed by atoms with Crippen LogP contribution in [-0.4, -0.2) is 0 Å². The first kappa shape index (κ1) is 13.4. The summed E-state index contributed by atoms with van der Waals surface area (Å²) < 4.78 is 2.63. The van der Waals surface area contributed by atoms with E-state index in [1.54, 1.807) is 22.7 Å². The molecule has 0 aliphatic heterocycles. The first-order valence-corrected chi connectivity index (χ1v) is 8.45. The van der Waals surface area contributed by atoms with Crippen molar-refractivity contribution in [2.75, 3.05) is 0 Å². The second kappa shape index (κ2) is 5.10. The van der Waals surface area contributed by atoms with Crippen LogP contribution in [0.3, 0.4) is 0 Å². The molecule has 0 bridgehead atoms. The van der Waals surface area contributed by atoms with E-state index in [2.05, 4.69) is 30.5 Å². The highest BCUT2D eigenvalue weighted by molar-refractivity contribution is 7.27. The Balaban J connectivity index is 2.06. The van der Waals surface area contributed by atoms with Crippen LogP contribution in [0.15, 0.2) is 29.6 Å². The number of fused-ring (bicyclic) bond motifs is 1. The lowest BCUT2D eigenvalue weighted by atomic mass is 10.0. The number of benzene rings is 1. The summed E-state index contributed by atoms with van der Waals surface area (Å²) in [6.07, 6.45) is 0. The number of hydrogen-bond acceptors (Lipinski definition) is 2. The van der Waals surface area contributed by atoms with Crippen LogP contribution in [0.2, 0.25) is 5.02 Å². The summed E-state index contributed by atoms with van der Waals surface area (Å²) in [5.41, 5.74) is 3.37. The number of hydrogen-bond donors (Lipinski definition) is 0. The number of rotatable bonds is 2. The number of alkyl halides is 1. The molecule has 0 saturated carbocycles. The predicted molar refractivity (Wildman–Crippen MR) is 88.3 cm³/mol. The maximum absolute atomic E-state index is 6.66. The normalized spacial score (nSPS) is 13.1. The van der Waals surface area contributed by atoms with Gasteiger partial charge in [-0.15, -0.1) is 34.3 Å². The Morgan fingerprint density at radius 2 is 1.84 bits per heavy atom. The topological polar surface area (TPSA) is 0 Å². The van der Waals surface area contributed by atoms with Gasteiger partial charge in [-0.2, -0.15) is 0 Å². The minimum Gasteiger partial charge on any atom is -0.143 e. The van der Waals surface area contributed by atoms with Gasteiger partial charge in [-0.05, 0) is 54.1 Å². The average molecular weight is 327 g/mol. The van der Waals surface area contributed by atoms with Gasteiger partial charge in [0.25, 0.3) is 0 Å². The molecule has 1 unspecified atom stereocenters. The molecule has 0 spiro atoms. The van der Waals surface area contributed by atoms with Crippen LogP contribution in [0.25, 0.3) is 9.40 Å². The third-order valence-corrected chi connectivity index (χ3v) is 6.39. The van der Waals surface area contributed by atoms with Crippen molar-refractivity contribution in [3.8, 4) is 0 Å². The quantitative estimate of drug-likeness (QED) is 0.467. The first-order chi connectivity index (χ1) is 9.06. The minimum absolute atomic E-state index is 0.0967. The second-order valence-corrected chi connectivity index (χ2v) is 7.53. The molecule has 2 aromatic heterocycles. The van der Waals surface area contributed by atoms with Gasteiger partial charge < -0.3 is 0 Å².